The molecule has 2 aliphatic rings. The Morgan fingerprint density at radius 3 is 2.50 bits per heavy atom. The zero-order chi connectivity index (χ0) is 9.26. The van der Waals surface area contributed by atoms with Gasteiger partial charge in [-0.25, -0.2) is 0 Å². The lowest BCUT2D eigenvalue weighted by Crippen LogP contribution is -2.35. The Morgan fingerprint density at radius 2 is 2.07 bits per heavy atom. The van der Waals surface area contributed by atoms with Crippen LogP contribution in [0.4, 0.5) is 0 Å². The predicted molar refractivity (Wildman–Crippen MR) is 62.8 cm³/mol. The van der Waals surface area contributed by atoms with Crippen molar-refractivity contribution in [2.24, 2.45) is 11.7 Å². The highest BCUT2D eigenvalue weighted by atomic mass is 35.5. The van der Waals surface area contributed by atoms with Crippen LogP contribution in [0.5, 0.6) is 0 Å². The van der Waals surface area contributed by atoms with E-state index in [1.165, 1.54) is 38.6 Å². The minimum atomic E-state index is 0. The summed E-state index contributed by atoms with van der Waals surface area (Å²) in [6.07, 6.45) is 7.03. The van der Waals surface area contributed by atoms with Gasteiger partial charge in [0, 0.05) is 18.6 Å². The molecule has 14 heavy (non-hydrogen) atoms. The van der Waals surface area contributed by atoms with Gasteiger partial charge in [0.1, 0.15) is 0 Å². The van der Waals surface area contributed by atoms with Gasteiger partial charge < -0.3 is 5.73 Å². The second-order valence-electron chi connectivity index (χ2n) is 4.93. The number of nitrogens with two attached hydrogens (primary N) is 1. The van der Waals surface area contributed by atoms with Crippen LogP contribution in [-0.2, 0) is 0 Å². The van der Waals surface area contributed by atoms with E-state index < -0.39 is 0 Å². The minimum absolute atomic E-state index is 0. The van der Waals surface area contributed by atoms with Crippen molar-refractivity contribution in [1.82, 2.24) is 4.90 Å². The molecule has 0 aromatic carbocycles. The van der Waals surface area contributed by atoms with Crippen LogP contribution in [0.3, 0.4) is 0 Å². The molecule has 1 aliphatic carbocycles. The Morgan fingerprint density at radius 1 is 1.36 bits per heavy atom. The molecular weight excluding hydrogens is 196 g/mol. The fourth-order valence-corrected chi connectivity index (χ4v) is 2.58. The van der Waals surface area contributed by atoms with Crippen molar-refractivity contribution >= 4 is 12.4 Å². The summed E-state index contributed by atoms with van der Waals surface area (Å²) in [5.74, 6) is 1.03. The first-order valence-electron chi connectivity index (χ1n) is 5.75. The molecule has 0 bridgehead atoms. The highest BCUT2D eigenvalue weighted by molar-refractivity contribution is 5.85. The summed E-state index contributed by atoms with van der Waals surface area (Å²) in [4.78, 5) is 2.57. The van der Waals surface area contributed by atoms with Gasteiger partial charge in [0.05, 0.1) is 0 Å². The van der Waals surface area contributed by atoms with Crippen LogP contribution >= 0.6 is 12.4 Å². The van der Waals surface area contributed by atoms with Crippen LogP contribution < -0.4 is 5.73 Å². The fourth-order valence-electron chi connectivity index (χ4n) is 2.58. The lowest BCUT2D eigenvalue weighted by Gasteiger charge is -2.32. The smallest absolute Gasteiger partial charge is 0.0180 e. The normalized spacial score (nSPS) is 30.9. The Labute approximate surface area is 93.6 Å². The van der Waals surface area contributed by atoms with Crippen molar-refractivity contribution in [3.63, 3.8) is 0 Å². The van der Waals surface area contributed by atoms with Crippen molar-refractivity contribution in [3.8, 4) is 0 Å². The number of hydrogen-bond acceptors (Lipinski definition) is 2. The van der Waals surface area contributed by atoms with Crippen LogP contribution in [0.15, 0.2) is 0 Å². The van der Waals surface area contributed by atoms with Gasteiger partial charge in [0.15, 0.2) is 0 Å². The molecule has 2 fully saturated rings. The number of rotatable bonds is 3. The number of halogens is 1. The van der Waals surface area contributed by atoms with E-state index in [4.69, 9.17) is 5.73 Å². The van der Waals surface area contributed by atoms with Gasteiger partial charge in [-0.3, -0.25) is 4.90 Å². The van der Waals surface area contributed by atoms with E-state index in [1.807, 2.05) is 0 Å². The summed E-state index contributed by atoms with van der Waals surface area (Å²) in [6, 6.07) is 1.22. The maximum atomic E-state index is 5.90. The average Bonchev–Trinajstić information content (AvgIpc) is 2.44. The largest absolute Gasteiger partial charge is 0.326 e. The van der Waals surface area contributed by atoms with Crippen LogP contribution in [0.1, 0.15) is 39.0 Å². The Hall–Kier alpha value is 0.210. The van der Waals surface area contributed by atoms with E-state index in [9.17, 15) is 0 Å². The molecule has 3 heteroatoms. The second-order valence-corrected chi connectivity index (χ2v) is 4.93. The van der Waals surface area contributed by atoms with Crippen LogP contribution in [0.25, 0.3) is 0 Å². The SMILES string of the molecule is CC(CC1CCC1)N1CC[C@H](N)C1.Cl. The van der Waals surface area contributed by atoms with Gasteiger partial charge >= 0.3 is 0 Å². The summed E-state index contributed by atoms with van der Waals surface area (Å²) >= 11 is 0. The Balaban J connectivity index is 0.000000980. The van der Waals surface area contributed by atoms with Crippen LogP contribution in [0.2, 0.25) is 0 Å². The maximum Gasteiger partial charge on any atom is 0.0180 e. The van der Waals surface area contributed by atoms with E-state index in [0.717, 1.165) is 18.5 Å². The summed E-state index contributed by atoms with van der Waals surface area (Å²) in [5, 5.41) is 0. The van der Waals surface area contributed by atoms with Crippen molar-refractivity contribution < 1.29 is 0 Å². The summed E-state index contributed by atoms with van der Waals surface area (Å²) in [5.41, 5.74) is 5.90. The highest BCUT2D eigenvalue weighted by Crippen LogP contribution is 2.32. The highest BCUT2D eigenvalue weighted by Gasteiger charge is 2.27. The molecule has 2 rings (SSSR count). The van der Waals surface area contributed by atoms with Gasteiger partial charge in [-0.15, -0.1) is 12.4 Å². The first kappa shape index (κ1) is 12.3. The van der Waals surface area contributed by atoms with E-state index >= 15 is 0 Å². The molecule has 0 spiro atoms. The number of nitrogens with zero attached hydrogens (tertiary/aromatic N) is 1. The lowest BCUT2D eigenvalue weighted by molar-refractivity contribution is 0.180. The molecule has 0 amide bonds. The van der Waals surface area contributed by atoms with Crippen molar-refractivity contribution in [2.45, 2.75) is 51.1 Å². The fraction of sp³-hybridized carbons (Fsp3) is 1.00. The average molecular weight is 219 g/mol. The molecule has 2 nitrogen and oxygen atoms in total. The quantitative estimate of drug-likeness (QED) is 0.786. The van der Waals surface area contributed by atoms with E-state index in [-0.39, 0.29) is 12.4 Å². The molecule has 2 N–H and O–H groups in total. The molecule has 84 valence electrons. The topological polar surface area (TPSA) is 29.3 Å². The zero-order valence-electron chi connectivity index (χ0n) is 9.11. The third-order valence-corrected chi connectivity index (χ3v) is 3.78. The molecule has 1 saturated heterocycles. The van der Waals surface area contributed by atoms with Gasteiger partial charge in [-0.1, -0.05) is 19.3 Å². The summed E-state index contributed by atoms with van der Waals surface area (Å²) in [7, 11) is 0. The molecule has 2 atom stereocenters. The standard InChI is InChI=1S/C11H22N2.ClH/c1-9(7-10-3-2-4-10)13-6-5-11(12)8-13;/h9-11H,2-8,12H2,1H3;1H/t9?,11-;/m0./s1. The number of hydrogen-bond donors (Lipinski definition) is 1. The molecule has 1 unspecified atom stereocenters. The minimum Gasteiger partial charge on any atom is -0.326 e. The summed E-state index contributed by atoms with van der Waals surface area (Å²) < 4.78 is 0. The van der Waals surface area contributed by atoms with E-state index in [1.54, 1.807) is 0 Å². The van der Waals surface area contributed by atoms with Crippen LogP contribution in [0, 0.1) is 5.92 Å². The van der Waals surface area contributed by atoms with Crippen molar-refractivity contribution in [3.05, 3.63) is 0 Å². The molecule has 1 aliphatic heterocycles. The second kappa shape index (κ2) is 5.34. The van der Waals surface area contributed by atoms with E-state index in [0.29, 0.717) is 6.04 Å². The van der Waals surface area contributed by atoms with Gasteiger partial charge in [-0.05, 0) is 32.2 Å². The Bertz CT molecular complexity index is 171. The third kappa shape index (κ3) is 2.85. The van der Waals surface area contributed by atoms with E-state index in [2.05, 4.69) is 11.8 Å². The first-order valence-corrected chi connectivity index (χ1v) is 5.75. The van der Waals surface area contributed by atoms with Crippen molar-refractivity contribution in [1.29, 1.82) is 0 Å². The first-order chi connectivity index (χ1) is 6.25. The van der Waals surface area contributed by atoms with Crippen molar-refractivity contribution in [2.75, 3.05) is 13.1 Å². The number of likely N-dealkylation sites (tertiary alicyclic amines) is 1. The molecule has 0 aromatic heterocycles. The molecular formula is C11H23ClN2. The molecule has 0 radical (unpaired) electrons. The maximum absolute atomic E-state index is 5.90. The Kier molecular flexibility index (Phi) is 4.68. The van der Waals surface area contributed by atoms with Gasteiger partial charge in [0.25, 0.3) is 0 Å². The molecule has 0 aromatic rings. The van der Waals surface area contributed by atoms with Crippen LogP contribution in [-0.4, -0.2) is 30.1 Å². The zero-order valence-corrected chi connectivity index (χ0v) is 9.93. The monoisotopic (exact) mass is 218 g/mol. The molecule has 1 heterocycles. The van der Waals surface area contributed by atoms with Gasteiger partial charge in [0.2, 0.25) is 0 Å². The van der Waals surface area contributed by atoms with Gasteiger partial charge in [-0.2, -0.15) is 0 Å². The lowest BCUT2D eigenvalue weighted by atomic mass is 9.81. The molecule has 1 saturated carbocycles. The third-order valence-electron chi connectivity index (χ3n) is 3.78. The predicted octanol–water partition coefficient (Wildman–Crippen LogP) is 2.02. The summed E-state index contributed by atoms with van der Waals surface area (Å²) in [6.45, 7) is 4.74.